The number of halogens is 3. The first-order chi connectivity index (χ1) is 8.29. The van der Waals surface area contributed by atoms with E-state index in [0.29, 0.717) is 6.07 Å². The zero-order chi connectivity index (χ0) is 13.5. The molecular formula is C10H7F3N2O3. The van der Waals surface area contributed by atoms with Crippen molar-refractivity contribution in [3.63, 3.8) is 0 Å². The molecule has 1 heterocycles. The quantitative estimate of drug-likeness (QED) is 0.684. The maximum absolute atomic E-state index is 12.8. The lowest BCUT2D eigenvalue weighted by Crippen LogP contribution is -2.06. The van der Waals surface area contributed by atoms with E-state index in [9.17, 15) is 18.3 Å². The molecule has 0 radical (unpaired) electrons. The van der Waals surface area contributed by atoms with Crippen molar-refractivity contribution in [3.8, 4) is 22.8 Å². The molecule has 96 valence electrons. The topological polar surface area (TPSA) is 92.5 Å². The number of phenols is 2. The summed E-state index contributed by atoms with van der Waals surface area (Å²) in [4.78, 5) is 0. The summed E-state index contributed by atoms with van der Waals surface area (Å²) in [6.07, 6.45) is -4.72. The van der Waals surface area contributed by atoms with Gasteiger partial charge in [0.25, 0.3) is 0 Å². The van der Waals surface area contributed by atoms with Gasteiger partial charge in [0, 0.05) is 11.6 Å². The Balaban J connectivity index is 2.69. The fourth-order valence-electron chi connectivity index (χ4n) is 1.43. The first-order valence-electron chi connectivity index (χ1n) is 4.65. The Morgan fingerprint density at radius 3 is 2.22 bits per heavy atom. The monoisotopic (exact) mass is 260 g/mol. The number of alkyl halides is 3. The number of nitrogen functional groups attached to an aromatic ring is 1. The average Bonchev–Trinajstić information content (AvgIpc) is 2.67. The number of rotatable bonds is 1. The molecule has 0 atom stereocenters. The normalized spacial score (nSPS) is 11.7. The lowest BCUT2D eigenvalue weighted by atomic mass is 10.0. The highest BCUT2D eigenvalue weighted by Crippen LogP contribution is 2.42. The molecule has 1 aromatic carbocycles. The predicted molar refractivity (Wildman–Crippen MR) is 54.7 cm³/mol. The van der Waals surface area contributed by atoms with Crippen LogP contribution in [-0.4, -0.2) is 15.4 Å². The molecule has 0 saturated carbocycles. The number of nitrogens with zero attached hydrogens (tertiary/aromatic N) is 1. The number of hydrogen-bond acceptors (Lipinski definition) is 5. The van der Waals surface area contributed by atoms with Crippen molar-refractivity contribution >= 4 is 5.82 Å². The molecule has 0 bridgehead atoms. The number of aromatic hydroxyl groups is 2. The molecule has 1 aromatic heterocycles. The van der Waals surface area contributed by atoms with Gasteiger partial charge in [-0.25, -0.2) is 0 Å². The largest absolute Gasteiger partial charge is 0.504 e. The highest BCUT2D eigenvalue weighted by atomic mass is 19.4. The number of aromatic nitrogens is 1. The van der Waals surface area contributed by atoms with Crippen LogP contribution in [0.4, 0.5) is 19.0 Å². The number of benzene rings is 1. The van der Waals surface area contributed by atoms with Gasteiger partial charge in [0.15, 0.2) is 23.1 Å². The summed E-state index contributed by atoms with van der Waals surface area (Å²) >= 11 is 0. The summed E-state index contributed by atoms with van der Waals surface area (Å²) in [5, 5.41) is 21.6. The molecule has 2 rings (SSSR count). The lowest BCUT2D eigenvalue weighted by molar-refractivity contribution is -0.137. The van der Waals surface area contributed by atoms with Crippen molar-refractivity contribution in [1.82, 2.24) is 5.16 Å². The fourth-order valence-corrected chi connectivity index (χ4v) is 1.43. The van der Waals surface area contributed by atoms with Crippen molar-refractivity contribution in [3.05, 3.63) is 23.8 Å². The van der Waals surface area contributed by atoms with Gasteiger partial charge >= 0.3 is 6.18 Å². The first-order valence-corrected chi connectivity index (χ1v) is 4.65. The minimum atomic E-state index is -4.72. The lowest BCUT2D eigenvalue weighted by Gasteiger charge is -2.12. The van der Waals surface area contributed by atoms with Gasteiger partial charge < -0.3 is 20.5 Å². The second kappa shape index (κ2) is 3.83. The van der Waals surface area contributed by atoms with E-state index in [-0.39, 0.29) is 11.6 Å². The van der Waals surface area contributed by atoms with Crippen LogP contribution in [0.3, 0.4) is 0 Å². The Morgan fingerprint density at radius 2 is 1.72 bits per heavy atom. The zero-order valence-corrected chi connectivity index (χ0v) is 8.69. The third-order valence-corrected chi connectivity index (χ3v) is 2.21. The number of phenolic OH excluding ortho intramolecular Hbond substituents is 2. The summed E-state index contributed by atoms with van der Waals surface area (Å²) < 4.78 is 42.9. The molecular weight excluding hydrogens is 253 g/mol. The van der Waals surface area contributed by atoms with E-state index >= 15 is 0 Å². The highest BCUT2D eigenvalue weighted by molar-refractivity contribution is 5.69. The number of nitrogens with two attached hydrogens (primary N) is 1. The molecule has 0 aliphatic rings. The molecule has 2 aromatic rings. The molecule has 0 aliphatic carbocycles. The van der Waals surface area contributed by atoms with Gasteiger partial charge in [-0.2, -0.15) is 13.2 Å². The molecule has 0 aliphatic heterocycles. The van der Waals surface area contributed by atoms with Crippen molar-refractivity contribution in [2.45, 2.75) is 6.18 Å². The van der Waals surface area contributed by atoms with Crippen molar-refractivity contribution in [2.75, 3.05) is 5.73 Å². The van der Waals surface area contributed by atoms with E-state index < -0.39 is 28.8 Å². The summed E-state index contributed by atoms with van der Waals surface area (Å²) in [7, 11) is 0. The first kappa shape index (κ1) is 12.1. The molecule has 18 heavy (non-hydrogen) atoms. The van der Waals surface area contributed by atoms with Gasteiger partial charge in [-0.3, -0.25) is 0 Å². The van der Waals surface area contributed by atoms with Crippen LogP contribution in [0.25, 0.3) is 11.3 Å². The van der Waals surface area contributed by atoms with Crippen LogP contribution in [0, 0.1) is 0 Å². The van der Waals surface area contributed by atoms with E-state index in [1.54, 1.807) is 0 Å². The minimum absolute atomic E-state index is 0.0920. The maximum atomic E-state index is 12.8. The molecule has 0 amide bonds. The molecule has 0 fully saturated rings. The van der Waals surface area contributed by atoms with Crippen LogP contribution < -0.4 is 5.73 Å². The smallest absolute Gasteiger partial charge is 0.417 e. The van der Waals surface area contributed by atoms with Crippen molar-refractivity contribution < 1.29 is 27.9 Å². The Labute approximate surface area is 98.2 Å². The Morgan fingerprint density at radius 1 is 1.11 bits per heavy atom. The van der Waals surface area contributed by atoms with E-state index in [0.717, 1.165) is 12.1 Å². The molecule has 0 unspecified atom stereocenters. The van der Waals surface area contributed by atoms with Crippen LogP contribution >= 0.6 is 0 Å². The second-order valence-corrected chi connectivity index (χ2v) is 3.50. The van der Waals surface area contributed by atoms with Gasteiger partial charge in [0.05, 0.1) is 5.56 Å². The Kier molecular flexibility index (Phi) is 2.57. The molecule has 0 saturated heterocycles. The molecule has 0 spiro atoms. The summed E-state index contributed by atoms with van der Waals surface area (Å²) in [6, 6.07) is 2.22. The summed E-state index contributed by atoms with van der Waals surface area (Å²) in [5.41, 5.74) is 3.63. The van der Waals surface area contributed by atoms with E-state index in [1.807, 2.05) is 0 Å². The highest BCUT2D eigenvalue weighted by Gasteiger charge is 2.36. The molecule has 5 nitrogen and oxygen atoms in total. The predicted octanol–water partition coefficient (Wildman–Crippen LogP) is 2.35. The van der Waals surface area contributed by atoms with Gasteiger partial charge in [0.2, 0.25) is 0 Å². The minimum Gasteiger partial charge on any atom is -0.504 e. The summed E-state index contributed by atoms with van der Waals surface area (Å²) in [6.45, 7) is 0. The van der Waals surface area contributed by atoms with Gasteiger partial charge in [0.1, 0.15) is 0 Å². The maximum Gasteiger partial charge on any atom is 0.417 e. The zero-order valence-electron chi connectivity index (χ0n) is 8.69. The third kappa shape index (κ3) is 2.04. The van der Waals surface area contributed by atoms with Gasteiger partial charge in [-0.1, -0.05) is 5.16 Å². The van der Waals surface area contributed by atoms with Crippen LogP contribution in [0.15, 0.2) is 22.7 Å². The Bertz CT molecular complexity index is 593. The SMILES string of the molecule is Nc1cc(-c2cc(O)c(O)cc2C(F)(F)F)on1. The van der Waals surface area contributed by atoms with E-state index in [1.165, 1.54) is 0 Å². The molecule has 4 N–H and O–H groups in total. The van der Waals surface area contributed by atoms with Crippen LogP contribution in [0.2, 0.25) is 0 Å². The second-order valence-electron chi connectivity index (χ2n) is 3.50. The Hall–Kier alpha value is -2.38. The van der Waals surface area contributed by atoms with Crippen molar-refractivity contribution in [1.29, 1.82) is 0 Å². The van der Waals surface area contributed by atoms with Gasteiger partial charge in [-0.05, 0) is 12.1 Å². The molecule has 8 heteroatoms. The average molecular weight is 260 g/mol. The fraction of sp³-hybridized carbons (Fsp3) is 0.100. The number of anilines is 1. The van der Waals surface area contributed by atoms with Crippen molar-refractivity contribution in [2.24, 2.45) is 0 Å². The standard InChI is InChI=1S/C10H7F3N2O3/c11-10(12,13)5-2-7(17)6(16)1-4(5)8-3-9(14)15-18-8/h1-3,16-17H,(H2,14,15). The van der Waals surface area contributed by atoms with Crippen LogP contribution in [0.1, 0.15) is 5.56 Å². The number of hydrogen-bond donors (Lipinski definition) is 3. The third-order valence-electron chi connectivity index (χ3n) is 2.21. The van der Waals surface area contributed by atoms with E-state index in [4.69, 9.17) is 10.8 Å². The van der Waals surface area contributed by atoms with E-state index in [2.05, 4.69) is 9.68 Å². The van der Waals surface area contributed by atoms with Crippen LogP contribution in [-0.2, 0) is 6.18 Å². The van der Waals surface area contributed by atoms with Crippen LogP contribution in [0.5, 0.6) is 11.5 Å². The van der Waals surface area contributed by atoms with Gasteiger partial charge in [-0.15, -0.1) is 0 Å². The summed E-state index contributed by atoms with van der Waals surface area (Å²) in [5.74, 6) is -1.92.